The number of pyridine rings is 1. The smallest absolute Gasteiger partial charge is 0.255 e. The van der Waals surface area contributed by atoms with E-state index in [1.165, 1.54) is 0 Å². The first-order chi connectivity index (χ1) is 20.7. The number of aromatic nitrogens is 6. The predicted molar refractivity (Wildman–Crippen MR) is 162 cm³/mol. The van der Waals surface area contributed by atoms with Gasteiger partial charge in [0.15, 0.2) is 0 Å². The molecule has 7 aromatic rings. The number of rotatable bonds is 7. The Morgan fingerprint density at radius 3 is 1.98 bits per heavy atom. The summed E-state index contributed by atoms with van der Waals surface area (Å²) in [5.74, 6) is -0.233. The highest BCUT2D eigenvalue weighted by Crippen LogP contribution is 2.41. The third kappa shape index (κ3) is 4.31. The molecular weight excluding hydrogens is 522 g/mol. The number of hydrogen-bond donors (Lipinski definition) is 2. The lowest BCUT2D eigenvalue weighted by atomic mass is 9.77. The zero-order valence-electron chi connectivity index (χ0n) is 22.4. The molecule has 7 rings (SSSR count). The van der Waals surface area contributed by atoms with Gasteiger partial charge in [0.25, 0.3) is 5.91 Å². The summed E-state index contributed by atoms with van der Waals surface area (Å²) >= 11 is 0. The molecule has 2 N–H and O–H groups in total. The lowest BCUT2D eigenvalue weighted by molar-refractivity contribution is 0.102. The summed E-state index contributed by atoms with van der Waals surface area (Å²) in [5, 5.41) is 18.7. The van der Waals surface area contributed by atoms with E-state index in [-0.39, 0.29) is 5.91 Å². The maximum Gasteiger partial charge on any atom is 0.255 e. The van der Waals surface area contributed by atoms with Gasteiger partial charge in [-0.25, -0.2) is 9.67 Å². The molecule has 1 amide bonds. The summed E-state index contributed by atoms with van der Waals surface area (Å²) < 4.78 is 1.97. The minimum atomic E-state index is -0.799. The van der Waals surface area contributed by atoms with Crippen molar-refractivity contribution >= 4 is 22.8 Å². The van der Waals surface area contributed by atoms with Crippen LogP contribution in [0.4, 0.5) is 5.69 Å². The number of nitrogens with one attached hydrogen (secondary N) is 2. The van der Waals surface area contributed by atoms with Crippen LogP contribution in [0.5, 0.6) is 0 Å². The number of carbonyl (C=O) groups is 1. The van der Waals surface area contributed by atoms with Gasteiger partial charge >= 0.3 is 0 Å². The van der Waals surface area contributed by atoms with Gasteiger partial charge in [-0.15, -0.1) is 5.10 Å². The van der Waals surface area contributed by atoms with Gasteiger partial charge in [-0.3, -0.25) is 9.89 Å². The molecule has 0 unspecified atom stereocenters. The molecule has 42 heavy (non-hydrogen) atoms. The molecule has 0 saturated carbocycles. The fourth-order valence-electron chi connectivity index (χ4n) is 5.47. The normalized spacial score (nSPS) is 11.4. The summed E-state index contributed by atoms with van der Waals surface area (Å²) in [5.41, 5.74) is 6.24. The second kappa shape index (κ2) is 10.6. The van der Waals surface area contributed by atoms with Crippen molar-refractivity contribution in [3.8, 4) is 11.3 Å². The Morgan fingerprint density at radius 2 is 1.38 bits per heavy atom. The van der Waals surface area contributed by atoms with Crippen LogP contribution >= 0.6 is 0 Å². The van der Waals surface area contributed by atoms with Crippen LogP contribution in [-0.2, 0) is 5.54 Å². The fraction of sp³-hybridized carbons (Fsp3) is 0.0294. The standard InChI is InChI=1S/C34H25N7O/c42-33(37-29-22-35-36-23-29)25-12-10-11-24(21-25)30-19-20-31-32(38-30)39-40-41(31)34(26-13-4-1-5-14-26,27-15-6-2-7-16-27)28-17-8-3-9-18-28/h1-23H,(H,35,36)(H,37,42). The lowest BCUT2D eigenvalue weighted by Crippen LogP contribution is -2.38. The highest BCUT2D eigenvalue weighted by atomic mass is 16.1. The average Bonchev–Trinajstić information content (AvgIpc) is 3.73. The van der Waals surface area contributed by atoms with E-state index in [1.54, 1.807) is 18.5 Å². The molecule has 0 bridgehead atoms. The second-order valence-electron chi connectivity index (χ2n) is 9.87. The van der Waals surface area contributed by atoms with Crippen LogP contribution < -0.4 is 5.32 Å². The predicted octanol–water partition coefficient (Wildman–Crippen LogP) is 6.31. The van der Waals surface area contributed by atoms with Crippen LogP contribution in [0.2, 0.25) is 0 Å². The topological polar surface area (TPSA) is 101 Å². The van der Waals surface area contributed by atoms with Crippen molar-refractivity contribution in [2.24, 2.45) is 0 Å². The molecule has 0 fully saturated rings. The molecule has 8 heteroatoms. The number of benzene rings is 4. The Morgan fingerprint density at radius 1 is 0.738 bits per heavy atom. The monoisotopic (exact) mass is 547 g/mol. The molecule has 8 nitrogen and oxygen atoms in total. The lowest BCUT2D eigenvalue weighted by Gasteiger charge is -2.36. The van der Waals surface area contributed by atoms with E-state index < -0.39 is 5.54 Å². The van der Waals surface area contributed by atoms with E-state index in [4.69, 9.17) is 10.2 Å². The minimum Gasteiger partial charge on any atom is -0.319 e. The molecule has 4 aromatic carbocycles. The Balaban J connectivity index is 1.37. The van der Waals surface area contributed by atoms with Gasteiger partial charge in [-0.2, -0.15) is 5.10 Å². The van der Waals surface area contributed by atoms with Gasteiger partial charge in [0, 0.05) is 17.3 Å². The van der Waals surface area contributed by atoms with Crippen LogP contribution in [0.3, 0.4) is 0 Å². The number of anilines is 1. The minimum absolute atomic E-state index is 0.233. The molecule has 0 saturated heterocycles. The Bertz CT molecular complexity index is 1870. The fourth-order valence-corrected chi connectivity index (χ4v) is 5.47. The van der Waals surface area contributed by atoms with Gasteiger partial charge in [0.2, 0.25) is 5.65 Å². The highest BCUT2D eigenvalue weighted by Gasteiger charge is 2.40. The molecule has 3 aromatic heterocycles. The van der Waals surface area contributed by atoms with Crippen molar-refractivity contribution in [3.05, 3.63) is 162 Å². The first kappa shape index (κ1) is 25.1. The van der Waals surface area contributed by atoms with Crippen molar-refractivity contribution in [2.45, 2.75) is 5.54 Å². The highest BCUT2D eigenvalue weighted by molar-refractivity contribution is 6.04. The molecule has 0 aliphatic rings. The maximum absolute atomic E-state index is 12.8. The first-order valence-corrected chi connectivity index (χ1v) is 13.5. The van der Waals surface area contributed by atoms with Crippen LogP contribution in [0.15, 0.2) is 140 Å². The van der Waals surface area contributed by atoms with Gasteiger partial charge in [0.05, 0.1) is 17.6 Å². The van der Waals surface area contributed by atoms with Gasteiger partial charge in [0.1, 0.15) is 11.1 Å². The largest absolute Gasteiger partial charge is 0.319 e. The van der Waals surface area contributed by atoms with Crippen LogP contribution in [0.1, 0.15) is 27.0 Å². The number of hydrogen-bond acceptors (Lipinski definition) is 5. The zero-order chi connectivity index (χ0) is 28.4. The summed E-state index contributed by atoms with van der Waals surface area (Å²) in [7, 11) is 0. The summed E-state index contributed by atoms with van der Waals surface area (Å²) in [6, 6.07) is 42.3. The van der Waals surface area contributed by atoms with Crippen LogP contribution in [-0.4, -0.2) is 36.1 Å². The van der Waals surface area contributed by atoms with Crippen molar-refractivity contribution in [1.82, 2.24) is 30.2 Å². The number of H-pyrrole nitrogens is 1. The molecule has 0 spiro atoms. The molecule has 202 valence electrons. The Labute approximate surface area is 241 Å². The maximum atomic E-state index is 12.8. The van der Waals surface area contributed by atoms with Crippen molar-refractivity contribution in [1.29, 1.82) is 0 Å². The van der Waals surface area contributed by atoms with Gasteiger partial charge in [-0.1, -0.05) is 108 Å². The molecule has 0 atom stereocenters. The molecular formula is C34H25N7O. The molecule has 3 heterocycles. The third-order valence-corrected chi connectivity index (χ3v) is 7.38. The molecule has 0 aliphatic carbocycles. The van der Waals surface area contributed by atoms with Crippen LogP contribution in [0, 0.1) is 0 Å². The van der Waals surface area contributed by atoms with E-state index in [2.05, 4.69) is 57.0 Å². The second-order valence-corrected chi connectivity index (χ2v) is 9.87. The third-order valence-electron chi connectivity index (χ3n) is 7.38. The van der Waals surface area contributed by atoms with Crippen LogP contribution in [0.25, 0.3) is 22.4 Å². The summed E-state index contributed by atoms with van der Waals surface area (Å²) in [6.07, 6.45) is 3.18. The number of aromatic amines is 1. The Kier molecular flexibility index (Phi) is 6.33. The van der Waals surface area contributed by atoms with Crippen molar-refractivity contribution in [2.75, 3.05) is 5.32 Å². The van der Waals surface area contributed by atoms with Gasteiger partial charge < -0.3 is 5.32 Å². The van der Waals surface area contributed by atoms with E-state index in [1.807, 2.05) is 89.6 Å². The van der Waals surface area contributed by atoms with E-state index >= 15 is 0 Å². The molecule has 0 aliphatic heterocycles. The van der Waals surface area contributed by atoms with Crippen molar-refractivity contribution < 1.29 is 4.79 Å². The number of fused-ring (bicyclic) bond motifs is 1. The quantitative estimate of drug-likeness (QED) is 0.228. The first-order valence-electron chi connectivity index (χ1n) is 13.5. The van der Waals surface area contributed by atoms with E-state index in [0.29, 0.717) is 22.6 Å². The zero-order valence-corrected chi connectivity index (χ0v) is 22.4. The average molecular weight is 548 g/mol. The van der Waals surface area contributed by atoms with E-state index in [0.717, 1.165) is 27.8 Å². The number of carbonyl (C=O) groups excluding carboxylic acids is 1. The number of amides is 1. The number of nitrogens with zero attached hydrogens (tertiary/aromatic N) is 5. The van der Waals surface area contributed by atoms with Crippen molar-refractivity contribution in [3.63, 3.8) is 0 Å². The summed E-state index contributed by atoms with van der Waals surface area (Å²) in [6.45, 7) is 0. The SMILES string of the molecule is O=C(Nc1cn[nH]c1)c1cccc(-c2ccc3c(nnn3C(c3ccccc3)(c3ccccc3)c3ccccc3)n2)c1. The summed E-state index contributed by atoms with van der Waals surface area (Å²) in [4.78, 5) is 17.7. The van der Waals surface area contributed by atoms with E-state index in [9.17, 15) is 4.79 Å². The molecule has 0 radical (unpaired) electrons. The Hall–Kier alpha value is -5.89. The van der Waals surface area contributed by atoms with Gasteiger partial charge in [-0.05, 0) is 41.0 Å².